The van der Waals surface area contributed by atoms with Gasteiger partial charge in [0.1, 0.15) is 5.69 Å². The molecule has 1 amide bonds. The normalized spacial score (nSPS) is 13.7. The molecule has 0 fully saturated rings. The molecule has 0 radical (unpaired) electrons. The Hall–Kier alpha value is -1.36. The van der Waals surface area contributed by atoms with Crippen LogP contribution in [0, 0.1) is 0 Å². The van der Waals surface area contributed by atoms with Crippen LogP contribution in [0.25, 0.3) is 0 Å². The largest absolute Gasteiger partial charge is 0.391 e. The molecule has 84 valence electrons. The van der Waals surface area contributed by atoms with Gasteiger partial charge in [-0.1, -0.05) is 0 Å². The van der Waals surface area contributed by atoms with Crippen LogP contribution in [0.5, 0.6) is 0 Å². The molecule has 0 bridgehead atoms. The lowest BCUT2D eigenvalue weighted by atomic mass is 9.99. The highest BCUT2D eigenvalue weighted by Gasteiger charge is 2.27. The van der Waals surface area contributed by atoms with Crippen molar-refractivity contribution in [1.29, 1.82) is 0 Å². The Kier molecular flexibility index (Phi) is 3.14. The van der Waals surface area contributed by atoms with E-state index < -0.39 is 11.6 Å². The zero-order valence-electron chi connectivity index (χ0n) is 9.48. The van der Waals surface area contributed by atoms with E-state index in [1.54, 1.807) is 44.8 Å². The average molecular weight is 211 g/mol. The van der Waals surface area contributed by atoms with Crippen molar-refractivity contribution in [3.63, 3.8) is 0 Å². The SMILES string of the molecule is CC(O)C(C)(C)NC(=O)c1ccn(C)n1. The first kappa shape index (κ1) is 11.7. The molecule has 5 nitrogen and oxygen atoms in total. The molecule has 1 unspecified atom stereocenters. The lowest BCUT2D eigenvalue weighted by molar-refractivity contribution is 0.0705. The summed E-state index contributed by atoms with van der Waals surface area (Å²) >= 11 is 0. The van der Waals surface area contributed by atoms with Crippen LogP contribution in [0.2, 0.25) is 0 Å². The first-order valence-corrected chi connectivity index (χ1v) is 4.83. The number of nitrogens with zero attached hydrogens (tertiary/aromatic N) is 2. The molecule has 0 saturated heterocycles. The first-order valence-electron chi connectivity index (χ1n) is 4.83. The van der Waals surface area contributed by atoms with Crippen molar-refractivity contribution in [2.75, 3.05) is 0 Å². The van der Waals surface area contributed by atoms with Crippen LogP contribution in [-0.2, 0) is 7.05 Å². The van der Waals surface area contributed by atoms with E-state index in [4.69, 9.17) is 0 Å². The van der Waals surface area contributed by atoms with Gasteiger partial charge in [0.15, 0.2) is 0 Å². The minimum atomic E-state index is -0.658. The number of carbonyl (C=O) groups is 1. The summed E-state index contributed by atoms with van der Waals surface area (Å²) in [6, 6.07) is 1.63. The Morgan fingerprint density at radius 1 is 1.67 bits per heavy atom. The fraction of sp³-hybridized carbons (Fsp3) is 0.600. The lowest BCUT2D eigenvalue weighted by Gasteiger charge is -2.28. The predicted molar refractivity (Wildman–Crippen MR) is 56.4 cm³/mol. The van der Waals surface area contributed by atoms with Crippen LogP contribution in [0.3, 0.4) is 0 Å². The van der Waals surface area contributed by atoms with E-state index in [0.717, 1.165) is 0 Å². The minimum Gasteiger partial charge on any atom is -0.391 e. The van der Waals surface area contributed by atoms with Crippen molar-refractivity contribution in [2.45, 2.75) is 32.4 Å². The summed E-state index contributed by atoms with van der Waals surface area (Å²) in [6.45, 7) is 5.16. The van der Waals surface area contributed by atoms with Crippen molar-refractivity contribution in [3.8, 4) is 0 Å². The first-order chi connectivity index (χ1) is 6.83. The zero-order valence-corrected chi connectivity index (χ0v) is 9.48. The smallest absolute Gasteiger partial charge is 0.272 e. The highest BCUT2D eigenvalue weighted by molar-refractivity contribution is 5.92. The molecule has 1 atom stereocenters. The standard InChI is InChI=1S/C10H17N3O2/c1-7(14)10(2,3)11-9(15)8-5-6-13(4)12-8/h5-7,14H,1-4H3,(H,11,15). The number of hydrogen-bond acceptors (Lipinski definition) is 3. The Morgan fingerprint density at radius 2 is 2.27 bits per heavy atom. The second-order valence-corrected chi connectivity index (χ2v) is 4.23. The molecule has 1 heterocycles. The number of aliphatic hydroxyl groups is 1. The van der Waals surface area contributed by atoms with Gasteiger partial charge < -0.3 is 10.4 Å². The summed E-state index contributed by atoms with van der Waals surface area (Å²) in [4.78, 5) is 11.7. The molecule has 0 saturated carbocycles. The van der Waals surface area contributed by atoms with Crippen molar-refractivity contribution in [1.82, 2.24) is 15.1 Å². The summed E-state index contributed by atoms with van der Waals surface area (Å²) in [5, 5.41) is 16.1. The molecule has 1 aromatic heterocycles. The van der Waals surface area contributed by atoms with Crippen molar-refractivity contribution < 1.29 is 9.90 Å². The third-order valence-corrected chi connectivity index (χ3v) is 2.43. The fourth-order valence-corrected chi connectivity index (χ4v) is 0.997. The van der Waals surface area contributed by atoms with Gasteiger partial charge in [0.25, 0.3) is 5.91 Å². The summed E-state index contributed by atoms with van der Waals surface area (Å²) in [5.74, 6) is -0.276. The summed E-state index contributed by atoms with van der Waals surface area (Å²) in [7, 11) is 1.75. The van der Waals surface area contributed by atoms with Crippen LogP contribution < -0.4 is 5.32 Å². The second-order valence-electron chi connectivity index (χ2n) is 4.23. The number of amides is 1. The number of rotatable bonds is 3. The molecule has 15 heavy (non-hydrogen) atoms. The van der Waals surface area contributed by atoms with Gasteiger partial charge in [-0.25, -0.2) is 0 Å². The van der Waals surface area contributed by atoms with Crippen LogP contribution in [0.1, 0.15) is 31.3 Å². The van der Waals surface area contributed by atoms with Crippen LogP contribution in [0.4, 0.5) is 0 Å². The topological polar surface area (TPSA) is 67.2 Å². The van der Waals surface area contributed by atoms with Gasteiger partial charge in [-0.15, -0.1) is 0 Å². The van der Waals surface area contributed by atoms with Gasteiger partial charge in [-0.05, 0) is 26.8 Å². The molecule has 0 spiro atoms. The van der Waals surface area contributed by atoms with Crippen molar-refractivity contribution in [2.24, 2.45) is 7.05 Å². The van der Waals surface area contributed by atoms with E-state index >= 15 is 0 Å². The molecule has 1 rings (SSSR count). The maximum absolute atomic E-state index is 11.7. The third-order valence-electron chi connectivity index (χ3n) is 2.43. The van der Waals surface area contributed by atoms with Crippen LogP contribution in [-0.4, -0.2) is 32.4 Å². The van der Waals surface area contributed by atoms with Gasteiger partial charge in [0, 0.05) is 13.2 Å². The Morgan fingerprint density at radius 3 is 2.67 bits per heavy atom. The van der Waals surface area contributed by atoms with E-state index in [0.29, 0.717) is 5.69 Å². The molecular formula is C10H17N3O2. The molecule has 0 aliphatic heterocycles. The van der Waals surface area contributed by atoms with Crippen LogP contribution >= 0.6 is 0 Å². The molecule has 1 aromatic rings. The molecule has 2 N–H and O–H groups in total. The third kappa shape index (κ3) is 2.79. The number of nitrogens with one attached hydrogen (secondary N) is 1. The number of aliphatic hydroxyl groups excluding tert-OH is 1. The van der Waals surface area contributed by atoms with Gasteiger partial charge in [-0.2, -0.15) is 5.10 Å². The lowest BCUT2D eigenvalue weighted by Crippen LogP contribution is -2.51. The highest BCUT2D eigenvalue weighted by atomic mass is 16.3. The van der Waals surface area contributed by atoms with Crippen molar-refractivity contribution in [3.05, 3.63) is 18.0 Å². The zero-order chi connectivity index (χ0) is 11.6. The molecule has 0 aromatic carbocycles. The van der Waals surface area contributed by atoms with E-state index in [1.807, 2.05) is 0 Å². The average Bonchev–Trinajstić information content (AvgIpc) is 2.50. The number of aryl methyl sites for hydroxylation is 1. The quantitative estimate of drug-likeness (QED) is 0.756. The Balaban J connectivity index is 2.72. The summed E-state index contributed by atoms with van der Waals surface area (Å²) in [5.41, 5.74) is -0.305. The summed E-state index contributed by atoms with van der Waals surface area (Å²) < 4.78 is 1.56. The molecule has 0 aliphatic rings. The molecule has 0 aliphatic carbocycles. The van der Waals surface area contributed by atoms with Gasteiger partial charge in [0.2, 0.25) is 0 Å². The Labute approximate surface area is 89.1 Å². The van der Waals surface area contributed by atoms with E-state index in [2.05, 4.69) is 10.4 Å². The van der Waals surface area contributed by atoms with Crippen LogP contribution in [0.15, 0.2) is 12.3 Å². The molecule has 5 heteroatoms. The van der Waals surface area contributed by atoms with Crippen molar-refractivity contribution >= 4 is 5.91 Å². The maximum Gasteiger partial charge on any atom is 0.272 e. The molecular weight excluding hydrogens is 194 g/mol. The predicted octanol–water partition coefficient (Wildman–Crippen LogP) is 0.309. The Bertz CT molecular complexity index is 355. The monoisotopic (exact) mass is 211 g/mol. The van der Waals surface area contributed by atoms with E-state index in [9.17, 15) is 9.90 Å². The highest BCUT2D eigenvalue weighted by Crippen LogP contribution is 2.09. The number of carbonyl (C=O) groups excluding carboxylic acids is 1. The van der Waals surface area contributed by atoms with E-state index in [1.165, 1.54) is 0 Å². The number of hydrogen-bond donors (Lipinski definition) is 2. The minimum absolute atomic E-state index is 0.276. The van der Waals surface area contributed by atoms with Gasteiger partial charge in [-0.3, -0.25) is 9.48 Å². The second kappa shape index (κ2) is 4.02. The van der Waals surface area contributed by atoms with E-state index in [-0.39, 0.29) is 5.91 Å². The number of aromatic nitrogens is 2. The fourth-order valence-electron chi connectivity index (χ4n) is 0.997. The summed E-state index contributed by atoms with van der Waals surface area (Å²) in [6.07, 6.45) is 1.08. The van der Waals surface area contributed by atoms with Gasteiger partial charge in [0.05, 0.1) is 11.6 Å². The maximum atomic E-state index is 11.7. The van der Waals surface area contributed by atoms with Gasteiger partial charge >= 0.3 is 0 Å².